The standard InChI is InChI=1S/C16H13FN2O5S/c1-25(21,22)19-13-7-14-11(16(20)12(18)8-23-14)6-15(13)24-10-4-2-3-9(17)5-10/h2-8,19H,18H2,1H3. The maximum Gasteiger partial charge on any atom is 0.229 e. The van der Waals surface area contributed by atoms with Crippen molar-refractivity contribution in [1.82, 2.24) is 0 Å². The number of nitrogen functional groups attached to an aromatic ring is 1. The van der Waals surface area contributed by atoms with Crippen molar-refractivity contribution in [2.24, 2.45) is 0 Å². The van der Waals surface area contributed by atoms with Gasteiger partial charge in [-0.15, -0.1) is 0 Å². The zero-order valence-electron chi connectivity index (χ0n) is 12.9. The van der Waals surface area contributed by atoms with E-state index >= 15 is 0 Å². The Hall–Kier alpha value is -3.07. The van der Waals surface area contributed by atoms with Crippen LogP contribution in [-0.4, -0.2) is 14.7 Å². The fraction of sp³-hybridized carbons (Fsp3) is 0.0625. The smallest absolute Gasteiger partial charge is 0.229 e. The number of ether oxygens (including phenoxy) is 1. The topological polar surface area (TPSA) is 112 Å². The van der Waals surface area contributed by atoms with Crippen LogP contribution in [0.4, 0.5) is 15.8 Å². The zero-order chi connectivity index (χ0) is 18.2. The third kappa shape index (κ3) is 3.72. The summed E-state index contributed by atoms with van der Waals surface area (Å²) in [6.07, 6.45) is 2.03. The molecule has 7 nitrogen and oxygen atoms in total. The molecule has 3 aromatic rings. The summed E-state index contributed by atoms with van der Waals surface area (Å²) in [5.41, 5.74) is 5.10. The van der Waals surface area contributed by atoms with Crippen molar-refractivity contribution < 1.29 is 22.0 Å². The van der Waals surface area contributed by atoms with Crippen LogP contribution in [0.2, 0.25) is 0 Å². The molecule has 9 heteroatoms. The lowest BCUT2D eigenvalue weighted by Crippen LogP contribution is -2.12. The van der Waals surface area contributed by atoms with Crippen molar-refractivity contribution in [2.45, 2.75) is 0 Å². The van der Waals surface area contributed by atoms with Gasteiger partial charge in [-0.2, -0.15) is 0 Å². The molecule has 0 aliphatic heterocycles. The molecule has 0 spiro atoms. The monoisotopic (exact) mass is 364 g/mol. The van der Waals surface area contributed by atoms with E-state index in [9.17, 15) is 17.6 Å². The molecule has 1 heterocycles. The van der Waals surface area contributed by atoms with Crippen molar-refractivity contribution >= 4 is 32.4 Å². The van der Waals surface area contributed by atoms with Gasteiger partial charge in [0.2, 0.25) is 15.5 Å². The van der Waals surface area contributed by atoms with Crippen LogP contribution in [0.1, 0.15) is 0 Å². The fourth-order valence-corrected chi connectivity index (χ4v) is 2.75. The molecular formula is C16H13FN2O5S. The summed E-state index contributed by atoms with van der Waals surface area (Å²) < 4.78 is 49.5. The Labute approximate surface area is 141 Å². The van der Waals surface area contributed by atoms with Crippen molar-refractivity contribution in [3.8, 4) is 11.5 Å². The highest BCUT2D eigenvalue weighted by molar-refractivity contribution is 7.92. The van der Waals surface area contributed by atoms with Crippen LogP contribution in [0.15, 0.2) is 51.9 Å². The number of hydrogen-bond acceptors (Lipinski definition) is 6. The zero-order valence-corrected chi connectivity index (χ0v) is 13.8. The summed E-state index contributed by atoms with van der Waals surface area (Å²) in [7, 11) is -3.64. The predicted molar refractivity (Wildman–Crippen MR) is 91.8 cm³/mol. The highest BCUT2D eigenvalue weighted by atomic mass is 32.2. The van der Waals surface area contributed by atoms with Gasteiger partial charge in [-0.3, -0.25) is 9.52 Å². The van der Waals surface area contributed by atoms with Crippen LogP contribution in [0, 0.1) is 5.82 Å². The summed E-state index contributed by atoms with van der Waals surface area (Å²) in [6.45, 7) is 0. The van der Waals surface area contributed by atoms with Gasteiger partial charge < -0.3 is 14.9 Å². The summed E-state index contributed by atoms with van der Waals surface area (Å²) in [5.74, 6) is -0.398. The SMILES string of the molecule is CS(=O)(=O)Nc1cc2occ(N)c(=O)c2cc1Oc1cccc(F)c1. The number of anilines is 2. The second-order valence-corrected chi connectivity index (χ2v) is 7.05. The normalized spacial score (nSPS) is 11.4. The van der Waals surface area contributed by atoms with E-state index in [2.05, 4.69) is 4.72 Å². The number of sulfonamides is 1. The number of hydrogen-bond donors (Lipinski definition) is 2. The Morgan fingerprint density at radius 1 is 1.24 bits per heavy atom. The molecule has 0 bridgehead atoms. The van der Waals surface area contributed by atoms with E-state index in [0.29, 0.717) is 0 Å². The Balaban J connectivity index is 2.20. The van der Waals surface area contributed by atoms with E-state index in [-0.39, 0.29) is 33.8 Å². The molecular weight excluding hydrogens is 351 g/mol. The van der Waals surface area contributed by atoms with Gasteiger partial charge in [-0.05, 0) is 18.2 Å². The van der Waals surface area contributed by atoms with Gasteiger partial charge in [0.15, 0.2) is 5.75 Å². The van der Waals surface area contributed by atoms with Gasteiger partial charge in [0.25, 0.3) is 0 Å². The molecule has 2 aromatic carbocycles. The van der Waals surface area contributed by atoms with Gasteiger partial charge in [0.05, 0.1) is 17.3 Å². The second kappa shape index (κ2) is 6.10. The van der Waals surface area contributed by atoms with Gasteiger partial charge >= 0.3 is 0 Å². The van der Waals surface area contributed by atoms with Crippen LogP contribution in [0.5, 0.6) is 11.5 Å². The second-order valence-electron chi connectivity index (χ2n) is 5.30. The van der Waals surface area contributed by atoms with E-state index < -0.39 is 21.3 Å². The first kappa shape index (κ1) is 16.8. The summed E-state index contributed by atoms with van der Waals surface area (Å²) in [4.78, 5) is 12.1. The van der Waals surface area contributed by atoms with E-state index in [4.69, 9.17) is 14.9 Å². The van der Waals surface area contributed by atoms with Crippen LogP contribution in [-0.2, 0) is 10.0 Å². The van der Waals surface area contributed by atoms with Crippen LogP contribution >= 0.6 is 0 Å². The average molecular weight is 364 g/mol. The maximum atomic E-state index is 13.3. The van der Waals surface area contributed by atoms with Gasteiger partial charge in [-0.1, -0.05) is 6.07 Å². The van der Waals surface area contributed by atoms with Gasteiger partial charge in [0.1, 0.15) is 29.1 Å². The van der Waals surface area contributed by atoms with Gasteiger partial charge in [-0.25, -0.2) is 12.8 Å². The number of fused-ring (bicyclic) bond motifs is 1. The minimum absolute atomic E-state index is 0.00132. The minimum atomic E-state index is -3.64. The van der Waals surface area contributed by atoms with Crippen molar-refractivity contribution in [1.29, 1.82) is 0 Å². The molecule has 1 aromatic heterocycles. The van der Waals surface area contributed by atoms with Crippen molar-refractivity contribution in [2.75, 3.05) is 16.7 Å². The molecule has 25 heavy (non-hydrogen) atoms. The Morgan fingerprint density at radius 2 is 2.00 bits per heavy atom. The molecule has 0 saturated carbocycles. The first-order chi connectivity index (χ1) is 11.7. The summed E-state index contributed by atoms with van der Waals surface area (Å²) in [6, 6.07) is 7.86. The number of nitrogens with two attached hydrogens (primary N) is 1. The number of nitrogens with one attached hydrogen (secondary N) is 1. The first-order valence-electron chi connectivity index (χ1n) is 6.99. The number of benzene rings is 2. The number of halogens is 1. The van der Waals surface area contributed by atoms with Crippen LogP contribution < -0.4 is 20.6 Å². The Bertz CT molecular complexity index is 1130. The molecule has 0 atom stereocenters. The van der Waals surface area contributed by atoms with E-state index in [1.54, 1.807) is 0 Å². The molecule has 0 fully saturated rings. The molecule has 0 amide bonds. The highest BCUT2D eigenvalue weighted by Crippen LogP contribution is 2.34. The molecule has 3 rings (SSSR count). The molecule has 0 saturated heterocycles. The quantitative estimate of drug-likeness (QED) is 0.736. The lowest BCUT2D eigenvalue weighted by molar-refractivity contribution is 0.479. The molecule has 0 aliphatic rings. The van der Waals surface area contributed by atoms with Crippen LogP contribution in [0.3, 0.4) is 0 Å². The highest BCUT2D eigenvalue weighted by Gasteiger charge is 2.15. The third-order valence-corrected chi connectivity index (χ3v) is 3.81. The Morgan fingerprint density at radius 3 is 2.68 bits per heavy atom. The number of rotatable bonds is 4. The van der Waals surface area contributed by atoms with Gasteiger partial charge in [0, 0.05) is 12.1 Å². The molecule has 3 N–H and O–H groups in total. The fourth-order valence-electron chi connectivity index (χ4n) is 2.19. The summed E-state index contributed by atoms with van der Waals surface area (Å²) >= 11 is 0. The maximum absolute atomic E-state index is 13.3. The van der Waals surface area contributed by atoms with E-state index in [1.807, 2.05) is 0 Å². The average Bonchev–Trinajstić information content (AvgIpc) is 2.51. The molecule has 0 aliphatic carbocycles. The van der Waals surface area contributed by atoms with E-state index in [1.165, 1.54) is 30.3 Å². The minimum Gasteiger partial charge on any atom is -0.462 e. The predicted octanol–water partition coefficient (Wildman–Crippen LogP) is 2.68. The largest absolute Gasteiger partial charge is 0.462 e. The lowest BCUT2D eigenvalue weighted by atomic mass is 10.2. The van der Waals surface area contributed by atoms with E-state index in [0.717, 1.165) is 18.6 Å². The Kier molecular flexibility index (Phi) is 4.09. The van der Waals surface area contributed by atoms with Crippen molar-refractivity contribution in [3.63, 3.8) is 0 Å². The van der Waals surface area contributed by atoms with Crippen molar-refractivity contribution in [3.05, 3.63) is 58.7 Å². The lowest BCUT2D eigenvalue weighted by Gasteiger charge is -2.13. The molecule has 0 unspecified atom stereocenters. The first-order valence-corrected chi connectivity index (χ1v) is 8.88. The van der Waals surface area contributed by atoms with Crippen LogP contribution in [0.25, 0.3) is 11.0 Å². The third-order valence-electron chi connectivity index (χ3n) is 3.22. The summed E-state index contributed by atoms with van der Waals surface area (Å²) in [5, 5.41) is 0.102. The molecule has 130 valence electrons. The molecule has 0 radical (unpaired) electrons.